The summed E-state index contributed by atoms with van der Waals surface area (Å²) >= 11 is 3.27. The average molecular weight is 349 g/mol. The summed E-state index contributed by atoms with van der Waals surface area (Å²) in [4.78, 5) is 1.11. The van der Waals surface area contributed by atoms with Crippen molar-refractivity contribution in [2.24, 2.45) is 0 Å². The first kappa shape index (κ1) is 17.3. The molecule has 1 heterocycles. The van der Waals surface area contributed by atoms with Crippen molar-refractivity contribution in [2.75, 3.05) is 19.8 Å². The van der Waals surface area contributed by atoms with Crippen LogP contribution in [0.3, 0.4) is 0 Å². The molecule has 1 aromatic heterocycles. The molecule has 0 unspecified atom stereocenters. The molecule has 0 atom stereocenters. The molecule has 0 spiro atoms. The molecule has 7 heteroatoms. The second kappa shape index (κ2) is 7.97. The van der Waals surface area contributed by atoms with Crippen LogP contribution < -0.4 is 10.0 Å². The number of rotatable bonds is 7. The zero-order valence-corrected chi connectivity index (χ0v) is 15.0. The highest BCUT2D eigenvalue weighted by Crippen LogP contribution is 2.28. The zero-order chi connectivity index (χ0) is 15.3. The van der Waals surface area contributed by atoms with E-state index in [1.165, 1.54) is 11.3 Å². The Hall–Kier alpha value is -0.0800. The second-order valence-corrected chi connectivity index (χ2v) is 9.65. The van der Waals surface area contributed by atoms with E-state index in [1.807, 2.05) is 24.9 Å². The molecule has 2 rings (SSSR count). The smallest absolute Gasteiger partial charge is 0.250 e. The van der Waals surface area contributed by atoms with Crippen LogP contribution in [0.15, 0.2) is 16.3 Å². The van der Waals surface area contributed by atoms with Crippen LogP contribution in [-0.2, 0) is 16.4 Å². The van der Waals surface area contributed by atoms with Crippen LogP contribution >= 0.6 is 23.1 Å². The van der Waals surface area contributed by atoms with E-state index in [-0.39, 0.29) is 6.04 Å². The average Bonchev–Trinajstić information content (AvgIpc) is 2.95. The molecule has 1 aliphatic carbocycles. The van der Waals surface area contributed by atoms with Gasteiger partial charge in [0.15, 0.2) is 0 Å². The Bertz CT molecular complexity index is 534. The quantitative estimate of drug-likeness (QED) is 0.795. The molecule has 1 aromatic rings. The summed E-state index contributed by atoms with van der Waals surface area (Å²) in [5, 5.41) is 3.77. The predicted molar refractivity (Wildman–Crippen MR) is 91.8 cm³/mol. The molecule has 21 heavy (non-hydrogen) atoms. The first-order chi connectivity index (χ1) is 10.0. The molecular weight excluding hydrogens is 324 g/mol. The van der Waals surface area contributed by atoms with Gasteiger partial charge in [-0.15, -0.1) is 11.3 Å². The highest BCUT2D eigenvalue weighted by molar-refractivity contribution is 7.99. The summed E-state index contributed by atoms with van der Waals surface area (Å²) in [6, 6.07) is 3.74. The predicted octanol–water partition coefficient (Wildman–Crippen LogP) is 2.46. The van der Waals surface area contributed by atoms with Crippen molar-refractivity contribution in [1.29, 1.82) is 0 Å². The molecule has 1 fully saturated rings. The van der Waals surface area contributed by atoms with Crippen LogP contribution in [0.1, 0.15) is 30.6 Å². The van der Waals surface area contributed by atoms with Crippen LogP contribution in [-0.4, -0.2) is 39.6 Å². The van der Waals surface area contributed by atoms with Crippen molar-refractivity contribution < 1.29 is 8.42 Å². The van der Waals surface area contributed by atoms with Gasteiger partial charge in [0.05, 0.1) is 0 Å². The zero-order valence-electron chi connectivity index (χ0n) is 12.6. The summed E-state index contributed by atoms with van der Waals surface area (Å²) in [7, 11) is -1.45. The highest BCUT2D eigenvalue weighted by atomic mass is 32.2. The summed E-state index contributed by atoms with van der Waals surface area (Å²) in [5.41, 5.74) is 0. The Morgan fingerprint density at radius 2 is 2.00 bits per heavy atom. The third-order valence-corrected chi connectivity index (χ3v) is 8.15. The minimum atomic E-state index is -3.35. The lowest BCUT2D eigenvalue weighted by molar-refractivity contribution is 0.420. The van der Waals surface area contributed by atoms with Gasteiger partial charge in [-0.05, 0) is 64.1 Å². The van der Waals surface area contributed by atoms with Gasteiger partial charge in [-0.1, -0.05) is 0 Å². The van der Waals surface area contributed by atoms with Gasteiger partial charge in [-0.3, -0.25) is 0 Å². The maximum absolute atomic E-state index is 12.4. The Kier molecular flexibility index (Phi) is 6.55. The number of likely N-dealkylation sites (N-methyl/N-ethyl adjacent to an activating group) is 1. The summed E-state index contributed by atoms with van der Waals surface area (Å²) in [6.07, 6.45) is 7.10. The van der Waals surface area contributed by atoms with Crippen molar-refractivity contribution in [3.8, 4) is 0 Å². The highest BCUT2D eigenvalue weighted by Gasteiger charge is 2.26. The largest absolute Gasteiger partial charge is 0.319 e. The topological polar surface area (TPSA) is 58.2 Å². The Morgan fingerprint density at radius 3 is 2.62 bits per heavy atom. The fourth-order valence-corrected chi connectivity index (χ4v) is 6.00. The number of hydrogen-bond donors (Lipinski definition) is 2. The first-order valence-electron chi connectivity index (χ1n) is 7.33. The summed E-state index contributed by atoms with van der Waals surface area (Å²) in [6.45, 7) is 0.867. The second-order valence-electron chi connectivity index (χ2n) is 5.40. The minimum absolute atomic E-state index is 0.0984. The molecular formula is C14H24N2O2S3. The number of thiophene rings is 1. The van der Waals surface area contributed by atoms with Crippen molar-refractivity contribution in [2.45, 2.75) is 47.6 Å². The maximum atomic E-state index is 12.4. The summed E-state index contributed by atoms with van der Waals surface area (Å²) in [5.74, 6) is 0. The van der Waals surface area contributed by atoms with E-state index in [2.05, 4.69) is 16.3 Å². The van der Waals surface area contributed by atoms with Gasteiger partial charge in [0, 0.05) is 16.2 Å². The molecule has 4 nitrogen and oxygen atoms in total. The van der Waals surface area contributed by atoms with Crippen LogP contribution in [0.2, 0.25) is 0 Å². The summed E-state index contributed by atoms with van der Waals surface area (Å²) < 4.78 is 28.2. The van der Waals surface area contributed by atoms with E-state index in [0.29, 0.717) is 9.46 Å². The van der Waals surface area contributed by atoms with Crippen LogP contribution in [0.5, 0.6) is 0 Å². The minimum Gasteiger partial charge on any atom is -0.319 e. The van der Waals surface area contributed by atoms with Gasteiger partial charge in [0.1, 0.15) is 4.21 Å². The van der Waals surface area contributed by atoms with E-state index in [4.69, 9.17) is 0 Å². The SMILES string of the molecule is CNCCc1ccc(S(=O)(=O)NC2CCC(SC)CC2)s1. The molecule has 0 saturated heterocycles. The number of hydrogen-bond acceptors (Lipinski definition) is 5. The van der Waals surface area contributed by atoms with E-state index >= 15 is 0 Å². The van der Waals surface area contributed by atoms with E-state index in [0.717, 1.165) is 43.5 Å². The monoisotopic (exact) mass is 348 g/mol. The molecule has 0 bridgehead atoms. The van der Waals surface area contributed by atoms with Crippen LogP contribution in [0.25, 0.3) is 0 Å². The Balaban J connectivity index is 1.94. The van der Waals surface area contributed by atoms with Crippen molar-refractivity contribution in [1.82, 2.24) is 10.0 Å². The molecule has 1 aliphatic rings. The van der Waals surface area contributed by atoms with Crippen LogP contribution in [0, 0.1) is 0 Å². The maximum Gasteiger partial charge on any atom is 0.250 e. The third-order valence-electron chi connectivity index (χ3n) is 3.85. The van der Waals surface area contributed by atoms with Gasteiger partial charge < -0.3 is 5.32 Å². The molecule has 0 radical (unpaired) electrons. The lowest BCUT2D eigenvalue weighted by Gasteiger charge is -2.27. The lowest BCUT2D eigenvalue weighted by Crippen LogP contribution is -2.37. The fraction of sp³-hybridized carbons (Fsp3) is 0.714. The molecule has 0 amide bonds. The Labute approximate surface area is 136 Å². The molecule has 0 aromatic carbocycles. The van der Waals surface area contributed by atoms with E-state index in [9.17, 15) is 8.42 Å². The number of nitrogens with one attached hydrogen (secondary N) is 2. The molecule has 120 valence electrons. The normalized spacial score (nSPS) is 23.3. The Morgan fingerprint density at radius 1 is 1.29 bits per heavy atom. The molecule has 2 N–H and O–H groups in total. The number of thioether (sulfide) groups is 1. The van der Waals surface area contributed by atoms with E-state index < -0.39 is 10.0 Å². The van der Waals surface area contributed by atoms with Gasteiger partial charge in [0.2, 0.25) is 10.0 Å². The van der Waals surface area contributed by atoms with Gasteiger partial charge in [-0.25, -0.2) is 13.1 Å². The fourth-order valence-electron chi connectivity index (χ4n) is 2.58. The lowest BCUT2D eigenvalue weighted by atomic mass is 9.96. The first-order valence-corrected chi connectivity index (χ1v) is 10.9. The van der Waals surface area contributed by atoms with Gasteiger partial charge >= 0.3 is 0 Å². The van der Waals surface area contributed by atoms with Crippen molar-refractivity contribution >= 4 is 33.1 Å². The number of sulfonamides is 1. The van der Waals surface area contributed by atoms with Crippen molar-refractivity contribution in [3.63, 3.8) is 0 Å². The molecule has 1 saturated carbocycles. The molecule has 0 aliphatic heterocycles. The van der Waals surface area contributed by atoms with Crippen LogP contribution in [0.4, 0.5) is 0 Å². The standard InChI is InChI=1S/C14H24N2O2S3/c1-15-10-9-13-7-8-14(20-13)21(17,18)16-11-3-5-12(19-2)6-4-11/h7-8,11-12,15-16H,3-6,9-10H2,1-2H3. The van der Waals surface area contributed by atoms with Gasteiger partial charge in [0.25, 0.3) is 0 Å². The van der Waals surface area contributed by atoms with E-state index in [1.54, 1.807) is 6.07 Å². The third kappa shape index (κ3) is 4.96. The van der Waals surface area contributed by atoms with Crippen molar-refractivity contribution in [3.05, 3.63) is 17.0 Å². The van der Waals surface area contributed by atoms with Gasteiger partial charge in [-0.2, -0.15) is 11.8 Å².